The molecular weight excluding hydrogens is 341 g/mol. The van der Waals surface area contributed by atoms with Crippen LogP contribution >= 0.6 is 15.9 Å². The van der Waals surface area contributed by atoms with Crippen LogP contribution in [0.5, 0.6) is 0 Å². The molecule has 106 valence electrons. The number of hydrogen-bond acceptors (Lipinski definition) is 4. The van der Waals surface area contributed by atoms with Crippen molar-refractivity contribution in [1.82, 2.24) is 4.72 Å². The average Bonchev–Trinajstić information content (AvgIpc) is 2.34. The topological polar surface area (TPSA) is 105 Å². The molecule has 0 fully saturated rings. The van der Waals surface area contributed by atoms with E-state index in [0.717, 1.165) is 12.1 Å². The third-order valence-corrected chi connectivity index (χ3v) is 4.36. The van der Waals surface area contributed by atoms with Crippen molar-refractivity contribution in [2.45, 2.75) is 24.3 Å². The van der Waals surface area contributed by atoms with E-state index < -0.39 is 26.8 Å². The molecule has 0 aliphatic carbocycles. The zero-order valence-electron chi connectivity index (χ0n) is 9.97. The lowest BCUT2D eigenvalue weighted by Crippen LogP contribution is -2.44. The van der Waals surface area contributed by atoms with E-state index in [9.17, 15) is 12.8 Å². The van der Waals surface area contributed by atoms with Crippen molar-refractivity contribution < 1.29 is 18.0 Å². The number of hydrogen-bond donors (Lipinski definition) is 3. The Morgan fingerprint density at radius 3 is 2.74 bits per heavy atom. The highest BCUT2D eigenvalue weighted by Crippen LogP contribution is 2.19. The van der Waals surface area contributed by atoms with Gasteiger partial charge in [-0.05, 0) is 24.6 Å². The molecular formula is C10H13BrFN3O3S. The second-order valence-corrected chi connectivity index (χ2v) is 6.28. The Hall–Kier alpha value is -1.19. The molecule has 1 unspecified atom stereocenters. The lowest BCUT2D eigenvalue weighted by molar-refractivity contribution is 0.315. The molecule has 0 bridgehead atoms. The van der Waals surface area contributed by atoms with Gasteiger partial charge in [-0.2, -0.15) is 0 Å². The molecule has 1 aromatic rings. The SMILES string of the molecule is CCC(NS(=O)(=O)c1ccc(Br)cc1F)/C(N)=N/O. The number of rotatable bonds is 5. The van der Waals surface area contributed by atoms with Crippen molar-refractivity contribution in [3.63, 3.8) is 0 Å². The molecule has 1 rings (SSSR count). The van der Waals surface area contributed by atoms with Crippen LogP contribution in [0.25, 0.3) is 0 Å². The Morgan fingerprint density at radius 2 is 2.26 bits per heavy atom. The largest absolute Gasteiger partial charge is 0.409 e. The standard InChI is InChI=1S/C10H13BrFN3O3S/c1-2-8(10(13)14-16)15-19(17,18)9-4-3-6(11)5-7(9)12/h3-5,8,15-16H,2H2,1H3,(H2,13,14). The first-order valence-electron chi connectivity index (χ1n) is 5.26. The van der Waals surface area contributed by atoms with Crippen molar-refractivity contribution >= 4 is 31.8 Å². The van der Waals surface area contributed by atoms with Crippen LogP contribution in [0.2, 0.25) is 0 Å². The number of benzene rings is 1. The Balaban J connectivity index is 3.11. The number of oxime groups is 1. The first-order chi connectivity index (χ1) is 8.81. The van der Waals surface area contributed by atoms with Gasteiger partial charge < -0.3 is 10.9 Å². The molecule has 1 aromatic carbocycles. The molecule has 4 N–H and O–H groups in total. The molecule has 9 heteroatoms. The maximum absolute atomic E-state index is 13.6. The van der Waals surface area contributed by atoms with Crippen LogP contribution in [0.3, 0.4) is 0 Å². The minimum atomic E-state index is -4.09. The van der Waals surface area contributed by atoms with Crippen LogP contribution in [0.1, 0.15) is 13.3 Å². The van der Waals surface area contributed by atoms with E-state index in [0.29, 0.717) is 4.47 Å². The summed E-state index contributed by atoms with van der Waals surface area (Å²) in [6, 6.07) is 2.67. The zero-order chi connectivity index (χ0) is 14.6. The predicted molar refractivity (Wildman–Crippen MR) is 71.9 cm³/mol. The van der Waals surface area contributed by atoms with Gasteiger partial charge >= 0.3 is 0 Å². The van der Waals surface area contributed by atoms with E-state index in [1.54, 1.807) is 6.92 Å². The lowest BCUT2D eigenvalue weighted by Gasteiger charge is -2.15. The van der Waals surface area contributed by atoms with Gasteiger partial charge in [-0.1, -0.05) is 28.0 Å². The van der Waals surface area contributed by atoms with Gasteiger partial charge in [0.15, 0.2) is 5.84 Å². The van der Waals surface area contributed by atoms with Crippen LogP contribution in [-0.2, 0) is 10.0 Å². The molecule has 0 spiro atoms. The fourth-order valence-corrected chi connectivity index (χ4v) is 3.05. The van der Waals surface area contributed by atoms with E-state index in [4.69, 9.17) is 10.9 Å². The van der Waals surface area contributed by atoms with E-state index in [2.05, 4.69) is 25.8 Å². The van der Waals surface area contributed by atoms with Gasteiger partial charge in [0.25, 0.3) is 0 Å². The highest BCUT2D eigenvalue weighted by atomic mass is 79.9. The van der Waals surface area contributed by atoms with Crippen molar-refractivity contribution in [3.05, 3.63) is 28.5 Å². The fourth-order valence-electron chi connectivity index (χ4n) is 1.37. The molecule has 0 amide bonds. The van der Waals surface area contributed by atoms with Crippen LogP contribution < -0.4 is 10.5 Å². The fraction of sp³-hybridized carbons (Fsp3) is 0.300. The number of nitrogens with two attached hydrogens (primary N) is 1. The molecule has 19 heavy (non-hydrogen) atoms. The second kappa shape index (κ2) is 6.31. The predicted octanol–water partition coefficient (Wildman–Crippen LogP) is 1.39. The number of sulfonamides is 1. The summed E-state index contributed by atoms with van der Waals surface area (Å²) in [5.41, 5.74) is 5.35. The van der Waals surface area contributed by atoms with Crippen molar-refractivity contribution in [2.75, 3.05) is 0 Å². The molecule has 0 radical (unpaired) electrons. The number of amidine groups is 1. The first kappa shape index (κ1) is 15.9. The second-order valence-electron chi connectivity index (χ2n) is 3.68. The summed E-state index contributed by atoms with van der Waals surface area (Å²) in [6.45, 7) is 1.64. The average molecular weight is 354 g/mol. The van der Waals surface area contributed by atoms with Crippen LogP contribution in [0.4, 0.5) is 4.39 Å². The lowest BCUT2D eigenvalue weighted by atomic mass is 10.2. The van der Waals surface area contributed by atoms with Gasteiger partial charge in [-0.15, -0.1) is 0 Å². The minimum absolute atomic E-state index is 0.257. The maximum Gasteiger partial charge on any atom is 0.244 e. The van der Waals surface area contributed by atoms with E-state index in [-0.39, 0.29) is 12.3 Å². The number of halogens is 2. The van der Waals surface area contributed by atoms with Gasteiger partial charge in [0.1, 0.15) is 10.7 Å². The molecule has 6 nitrogen and oxygen atoms in total. The normalized spacial score (nSPS) is 14.4. The number of nitrogens with zero attached hydrogens (tertiary/aromatic N) is 1. The van der Waals surface area contributed by atoms with Crippen molar-refractivity contribution in [2.24, 2.45) is 10.9 Å². The highest BCUT2D eigenvalue weighted by Gasteiger charge is 2.24. The molecule has 0 aliphatic rings. The quantitative estimate of drug-likeness (QED) is 0.322. The minimum Gasteiger partial charge on any atom is -0.409 e. The van der Waals surface area contributed by atoms with E-state index >= 15 is 0 Å². The molecule has 0 saturated heterocycles. The molecule has 0 heterocycles. The Kier molecular flexibility index (Phi) is 5.27. The third kappa shape index (κ3) is 3.88. The summed E-state index contributed by atoms with van der Waals surface area (Å²) in [4.78, 5) is -0.500. The van der Waals surface area contributed by atoms with Crippen molar-refractivity contribution in [1.29, 1.82) is 0 Å². The van der Waals surface area contributed by atoms with Gasteiger partial charge in [0, 0.05) is 4.47 Å². The summed E-state index contributed by atoms with van der Waals surface area (Å²) in [7, 11) is -4.09. The summed E-state index contributed by atoms with van der Waals surface area (Å²) in [5.74, 6) is -1.18. The Bertz CT molecular complexity index is 592. The van der Waals surface area contributed by atoms with Gasteiger partial charge in [-0.3, -0.25) is 0 Å². The molecule has 0 aliphatic heterocycles. The van der Waals surface area contributed by atoms with Crippen molar-refractivity contribution in [3.8, 4) is 0 Å². The van der Waals surface area contributed by atoms with Crippen LogP contribution in [0.15, 0.2) is 32.7 Å². The van der Waals surface area contributed by atoms with E-state index in [1.807, 2.05) is 0 Å². The maximum atomic E-state index is 13.6. The zero-order valence-corrected chi connectivity index (χ0v) is 12.4. The van der Waals surface area contributed by atoms with Crippen LogP contribution in [-0.4, -0.2) is 25.5 Å². The Labute approximate surface area is 118 Å². The van der Waals surface area contributed by atoms with Gasteiger partial charge in [0.2, 0.25) is 10.0 Å². The monoisotopic (exact) mass is 353 g/mol. The first-order valence-corrected chi connectivity index (χ1v) is 7.54. The number of nitrogens with one attached hydrogen (secondary N) is 1. The molecule has 0 saturated carbocycles. The van der Waals surface area contributed by atoms with Crippen LogP contribution in [0, 0.1) is 5.82 Å². The van der Waals surface area contributed by atoms with Gasteiger partial charge in [-0.25, -0.2) is 17.5 Å². The molecule has 1 atom stereocenters. The third-order valence-electron chi connectivity index (χ3n) is 2.36. The van der Waals surface area contributed by atoms with E-state index in [1.165, 1.54) is 6.07 Å². The summed E-state index contributed by atoms with van der Waals surface area (Å²) < 4.78 is 40.2. The Morgan fingerprint density at radius 1 is 1.63 bits per heavy atom. The molecule has 0 aromatic heterocycles. The smallest absolute Gasteiger partial charge is 0.244 e. The summed E-state index contributed by atoms with van der Waals surface area (Å²) >= 11 is 3.03. The summed E-state index contributed by atoms with van der Waals surface area (Å²) in [6.07, 6.45) is 0.257. The highest BCUT2D eigenvalue weighted by molar-refractivity contribution is 9.10. The van der Waals surface area contributed by atoms with Gasteiger partial charge in [0.05, 0.1) is 6.04 Å². The summed E-state index contributed by atoms with van der Waals surface area (Å²) in [5, 5.41) is 11.3.